The second kappa shape index (κ2) is 10.6. The van der Waals surface area contributed by atoms with E-state index in [4.69, 9.17) is 4.55 Å². The number of aromatic amines is 1. The normalized spacial score (nSPS) is 14.2. The summed E-state index contributed by atoms with van der Waals surface area (Å²) in [7, 11) is -4.13. The molecule has 3 aromatic rings. The first-order valence-corrected chi connectivity index (χ1v) is 13.3. The maximum absolute atomic E-state index is 13.2. The van der Waals surface area contributed by atoms with E-state index in [0.717, 1.165) is 24.0 Å². The van der Waals surface area contributed by atoms with Gasteiger partial charge in [0.15, 0.2) is 5.65 Å². The van der Waals surface area contributed by atoms with Gasteiger partial charge in [0.2, 0.25) is 0 Å². The summed E-state index contributed by atoms with van der Waals surface area (Å²) in [5, 5.41) is 0. The summed E-state index contributed by atoms with van der Waals surface area (Å²) in [6, 6.07) is 9.82. The van der Waals surface area contributed by atoms with Crippen molar-refractivity contribution >= 4 is 21.3 Å². The minimum absolute atomic E-state index is 0.0400. The van der Waals surface area contributed by atoms with Crippen LogP contribution in [0.4, 0.5) is 0 Å². The Balaban J connectivity index is 1.54. The molecule has 9 nitrogen and oxygen atoms in total. The van der Waals surface area contributed by atoms with Crippen LogP contribution in [0.2, 0.25) is 0 Å². The molecule has 10 heteroatoms. The second-order valence-electron chi connectivity index (χ2n) is 8.83. The zero-order valence-corrected chi connectivity index (χ0v) is 20.6. The highest BCUT2D eigenvalue weighted by molar-refractivity contribution is 7.89. The number of aromatic nitrogens is 4. The highest BCUT2D eigenvalue weighted by Crippen LogP contribution is 2.25. The van der Waals surface area contributed by atoms with Crippen LogP contribution in [0.5, 0.6) is 0 Å². The number of hydrogen-bond donors (Lipinski definition) is 2. The minimum atomic E-state index is -4.13. The Kier molecular flexibility index (Phi) is 7.51. The van der Waals surface area contributed by atoms with Gasteiger partial charge in [0, 0.05) is 19.5 Å². The fourth-order valence-electron chi connectivity index (χ4n) is 4.42. The van der Waals surface area contributed by atoms with Crippen LogP contribution in [-0.4, -0.2) is 32.1 Å². The topological polar surface area (TPSA) is 127 Å². The number of fused-ring (bicyclic) bond motifs is 1. The lowest BCUT2D eigenvalue weighted by molar-refractivity contribution is 0.488. The van der Waals surface area contributed by atoms with Crippen LogP contribution in [0, 0.1) is 0 Å². The lowest BCUT2D eigenvalue weighted by Gasteiger charge is -2.13. The zero-order valence-electron chi connectivity index (χ0n) is 19.7. The van der Waals surface area contributed by atoms with Crippen molar-refractivity contribution in [1.29, 1.82) is 0 Å². The number of rotatable bonds is 10. The smallest absolute Gasteiger partial charge is 0.332 e. The van der Waals surface area contributed by atoms with Crippen molar-refractivity contribution in [2.24, 2.45) is 0 Å². The molecule has 35 heavy (non-hydrogen) atoms. The Bertz CT molecular complexity index is 1490. The maximum atomic E-state index is 13.2. The lowest BCUT2D eigenvalue weighted by Crippen LogP contribution is -2.40. The third-order valence-electron chi connectivity index (χ3n) is 6.23. The molecule has 1 aliphatic rings. The van der Waals surface area contributed by atoms with Crippen LogP contribution in [-0.2, 0) is 29.6 Å². The minimum Gasteiger partial charge on any atom is -0.336 e. The molecule has 1 aliphatic carbocycles. The zero-order chi connectivity index (χ0) is 25.0. The van der Waals surface area contributed by atoms with Crippen LogP contribution in [0.15, 0.2) is 62.6 Å². The molecular formula is C25H30N4O5S. The second-order valence-corrected chi connectivity index (χ2v) is 10.3. The molecule has 0 fully saturated rings. The van der Waals surface area contributed by atoms with Gasteiger partial charge in [-0.25, -0.2) is 9.78 Å². The Morgan fingerprint density at radius 3 is 2.46 bits per heavy atom. The van der Waals surface area contributed by atoms with Gasteiger partial charge in [0.05, 0.1) is 4.91 Å². The van der Waals surface area contributed by atoms with E-state index < -0.39 is 10.1 Å². The Morgan fingerprint density at radius 2 is 1.80 bits per heavy atom. The van der Waals surface area contributed by atoms with Gasteiger partial charge in [-0.1, -0.05) is 48.9 Å². The molecule has 0 atom stereocenters. The molecule has 0 spiro atoms. The third-order valence-corrected chi connectivity index (χ3v) is 7.23. The molecule has 0 amide bonds. The largest absolute Gasteiger partial charge is 0.336 e. The summed E-state index contributed by atoms with van der Waals surface area (Å²) in [4.78, 5) is 34.0. The van der Waals surface area contributed by atoms with Gasteiger partial charge in [-0.2, -0.15) is 8.42 Å². The molecule has 0 saturated carbocycles. The number of nitrogens with one attached hydrogen (secondary N) is 1. The van der Waals surface area contributed by atoms with Crippen LogP contribution in [0.1, 0.15) is 56.8 Å². The Labute approximate surface area is 203 Å². The number of unbranched alkanes of at least 4 members (excludes halogenated alkanes) is 1. The molecule has 2 aromatic heterocycles. The molecule has 2 N–H and O–H groups in total. The summed E-state index contributed by atoms with van der Waals surface area (Å²) >= 11 is 0. The van der Waals surface area contributed by atoms with Gasteiger partial charge in [-0.05, 0) is 50.2 Å². The van der Waals surface area contributed by atoms with E-state index in [1.165, 1.54) is 10.6 Å². The summed E-state index contributed by atoms with van der Waals surface area (Å²) in [6.07, 6.45) is 7.55. The van der Waals surface area contributed by atoms with Gasteiger partial charge in [0.1, 0.15) is 11.3 Å². The number of nitrogens with zero attached hydrogens (tertiary/aromatic N) is 3. The summed E-state index contributed by atoms with van der Waals surface area (Å²) in [6.45, 7) is 2.69. The van der Waals surface area contributed by atoms with Crippen molar-refractivity contribution in [2.45, 2.75) is 65.0 Å². The van der Waals surface area contributed by atoms with Crippen molar-refractivity contribution in [3.05, 3.63) is 85.2 Å². The summed E-state index contributed by atoms with van der Waals surface area (Å²) in [5.41, 5.74) is 2.21. The van der Waals surface area contributed by atoms with E-state index in [2.05, 4.69) is 9.97 Å². The standard InChI is InChI=1S/C25H30N4O5S/c1-2-15-29-24(30)22-23(27-21(26-22)17-19-9-4-3-5-10-19)28(25(29)31)16-7-6-8-18-11-13-20(14-12-18)35(32,33)34/h3-5,9-11,13H,2,6-8,12,14-17H2,1H3,(H,26,27)(H,32,33,34). The highest BCUT2D eigenvalue weighted by Gasteiger charge is 2.18. The maximum Gasteiger partial charge on any atom is 0.332 e. The first-order valence-electron chi connectivity index (χ1n) is 11.9. The van der Waals surface area contributed by atoms with Crippen LogP contribution < -0.4 is 11.2 Å². The first-order chi connectivity index (χ1) is 16.8. The number of allylic oxidation sites excluding steroid dienone is 4. The molecule has 0 unspecified atom stereocenters. The van der Waals surface area contributed by atoms with Crippen molar-refractivity contribution in [2.75, 3.05) is 0 Å². The number of H-pyrrole nitrogens is 1. The molecule has 0 radical (unpaired) electrons. The van der Waals surface area contributed by atoms with Crippen LogP contribution in [0.25, 0.3) is 11.2 Å². The molecule has 1 aromatic carbocycles. The summed E-state index contributed by atoms with van der Waals surface area (Å²) in [5.74, 6) is 0.638. The Hall–Kier alpha value is -3.24. The fourth-order valence-corrected chi connectivity index (χ4v) is 5.02. The van der Waals surface area contributed by atoms with Crippen molar-refractivity contribution in [3.63, 3.8) is 0 Å². The van der Waals surface area contributed by atoms with E-state index in [9.17, 15) is 18.0 Å². The molecule has 0 aliphatic heterocycles. The van der Waals surface area contributed by atoms with Gasteiger partial charge in [-0.3, -0.25) is 18.5 Å². The monoisotopic (exact) mass is 498 g/mol. The average molecular weight is 499 g/mol. The van der Waals surface area contributed by atoms with E-state index >= 15 is 0 Å². The highest BCUT2D eigenvalue weighted by atomic mass is 32.2. The first kappa shape index (κ1) is 24.9. The number of benzene rings is 1. The Morgan fingerprint density at radius 1 is 1.03 bits per heavy atom. The van der Waals surface area contributed by atoms with E-state index in [1.54, 1.807) is 10.6 Å². The number of aryl methyl sites for hydroxylation is 1. The van der Waals surface area contributed by atoms with Crippen molar-refractivity contribution in [1.82, 2.24) is 19.1 Å². The number of imidazole rings is 1. The van der Waals surface area contributed by atoms with E-state index in [1.807, 2.05) is 37.3 Å². The van der Waals surface area contributed by atoms with Crippen molar-refractivity contribution < 1.29 is 13.0 Å². The molecule has 0 saturated heterocycles. The van der Waals surface area contributed by atoms with Gasteiger partial charge in [-0.15, -0.1) is 0 Å². The van der Waals surface area contributed by atoms with E-state index in [-0.39, 0.29) is 16.2 Å². The molecule has 186 valence electrons. The molecule has 2 heterocycles. The quantitative estimate of drug-likeness (QED) is 0.325. The van der Waals surface area contributed by atoms with Crippen molar-refractivity contribution in [3.8, 4) is 0 Å². The third kappa shape index (κ3) is 5.71. The predicted octanol–water partition coefficient (Wildman–Crippen LogP) is 3.55. The lowest BCUT2D eigenvalue weighted by atomic mass is 9.99. The predicted molar refractivity (Wildman–Crippen MR) is 135 cm³/mol. The van der Waals surface area contributed by atoms with Crippen LogP contribution >= 0.6 is 0 Å². The molecule has 0 bridgehead atoms. The fraction of sp³-hybridized carbons (Fsp3) is 0.400. The average Bonchev–Trinajstić information content (AvgIpc) is 3.25. The van der Waals surface area contributed by atoms with Gasteiger partial charge >= 0.3 is 5.69 Å². The molecule has 4 rings (SSSR count). The van der Waals surface area contributed by atoms with Crippen LogP contribution in [0.3, 0.4) is 0 Å². The van der Waals surface area contributed by atoms with E-state index in [0.29, 0.717) is 62.2 Å². The molecular weight excluding hydrogens is 468 g/mol. The van der Waals surface area contributed by atoms with Gasteiger partial charge < -0.3 is 4.98 Å². The number of hydrogen-bond acceptors (Lipinski definition) is 5. The SMILES string of the molecule is CCCn1c(=O)c2[nH]c(Cc3ccccc3)nc2n(CCCCC2=CC=C(S(=O)(=O)O)CC2)c1=O. The summed E-state index contributed by atoms with van der Waals surface area (Å²) < 4.78 is 34.5. The van der Waals surface area contributed by atoms with Gasteiger partial charge in [0.25, 0.3) is 15.7 Å².